The van der Waals surface area contributed by atoms with Gasteiger partial charge in [-0.2, -0.15) is 0 Å². The van der Waals surface area contributed by atoms with E-state index in [1.54, 1.807) is 0 Å². The first-order chi connectivity index (χ1) is 5.22. The molecule has 0 atom stereocenters. The second-order valence-corrected chi connectivity index (χ2v) is 3.92. The van der Waals surface area contributed by atoms with Crippen molar-refractivity contribution < 1.29 is 4.39 Å². The van der Waals surface area contributed by atoms with Gasteiger partial charge in [0.2, 0.25) is 0 Å². The van der Waals surface area contributed by atoms with Gasteiger partial charge in [-0.3, -0.25) is 0 Å². The lowest BCUT2D eigenvalue weighted by Gasteiger charge is -2.34. The third-order valence-corrected chi connectivity index (χ3v) is 3.28. The van der Waals surface area contributed by atoms with E-state index in [0.29, 0.717) is 13.1 Å². The lowest BCUT2D eigenvalue weighted by Crippen LogP contribution is -2.53. The molecule has 0 aromatic carbocycles. The number of halogens is 1. The zero-order valence-electron chi connectivity index (χ0n) is 6.36. The molecule has 0 radical (unpaired) electrons. The summed E-state index contributed by atoms with van der Waals surface area (Å²) in [7, 11) is 0. The second-order valence-electron chi connectivity index (χ2n) is 3.00. The van der Waals surface area contributed by atoms with Crippen molar-refractivity contribution in [1.29, 1.82) is 0 Å². The Labute approximate surface area is 69.2 Å². The van der Waals surface area contributed by atoms with Crippen molar-refractivity contribution in [3.63, 3.8) is 0 Å². The molecule has 0 bridgehead atoms. The highest BCUT2D eigenvalue weighted by atomic mass is 32.1. The zero-order valence-corrected chi connectivity index (χ0v) is 7.17. The average Bonchev–Trinajstić information content (AvgIpc) is 2.30. The summed E-state index contributed by atoms with van der Waals surface area (Å²) in [6, 6.07) is 1.97. The van der Waals surface area contributed by atoms with E-state index in [1.165, 1.54) is 11.3 Å². The van der Waals surface area contributed by atoms with Gasteiger partial charge in [0.15, 0.2) is 5.67 Å². The fourth-order valence-electron chi connectivity index (χ4n) is 1.34. The quantitative estimate of drug-likeness (QED) is 0.679. The molecular formula is C8H10FNS. The predicted octanol–water partition coefficient (Wildman–Crippen LogP) is 1.82. The molecule has 1 fully saturated rings. The highest BCUT2D eigenvalue weighted by Gasteiger charge is 2.40. The van der Waals surface area contributed by atoms with Crippen LogP contribution in [0.5, 0.6) is 0 Å². The van der Waals surface area contributed by atoms with Crippen LogP contribution in [0.3, 0.4) is 0 Å². The van der Waals surface area contributed by atoms with E-state index >= 15 is 0 Å². The van der Waals surface area contributed by atoms with Gasteiger partial charge in [0, 0.05) is 18.0 Å². The van der Waals surface area contributed by atoms with Gasteiger partial charge in [-0.1, -0.05) is 0 Å². The number of nitrogens with one attached hydrogen (secondary N) is 1. The standard InChI is InChI=1S/C8H10FNS/c1-6-2-3-11-7(6)8(9)4-10-5-8/h2-3,10H,4-5H2,1H3. The fraction of sp³-hybridized carbons (Fsp3) is 0.500. The number of alkyl halides is 1. The van der Waals surface area contributed by atoms with Crippen LogP contribution in [-0.4, -0.2) is 13.1 Å². The molecule has 1 aliphatic rings. The molecule has 2 heterocycles. The van der Waals surface area contributed by atoms with Crippen molar-refractivity contribution >= 4 is 11.3 Å². The number of rotatable bonds is 1. The van der Waals surface area contributed by atoms with Crippen LogP contribution in [0.4, 0.5) is 4.39 Å². The van der Waals surface area contributed by atoms with Crippen LogP contribution in [0.1, 0.15) is 10.4 Å². The summed E-state index contributed by atoms with van der Waals surface area (Å²) < 4.78 is 13.7. The van der Waals surface area contributed by atoms with Gasteiger partial charge in [0.25, 0.3) is 0 Å². The van der Waals surface area contributed by atoms with Gasteiger partial charge >= 0.3 is 0 Å². The van der Waals surface area contributed by atoms with Crippen LogP contribution in [0.15, 0.2) is 11.4 Å². The van der Waals surface area contributed by atoms with Crippen LogP contribution in [-0.2, 0) is 5.67 Å². The summed E-state index contributed by atoms with van der Waals surface area (Å²) >= 11 is 1.52. The van der Waals surface area contributed by atoms with Crippen LogP contribution in [0, 0.1) is 6.92 Å². The highest BCUT2D eigenvalue weighted by molar-refractivity contribution is 7.10. The zero-order chi connectivity index (χ0) is 7.90. The molecule has 1 nitrogen and oxygen atoms in total. The average molecular weight is 171 g/mol. The van der Waals surface area contributed by atoms with Gasteiger partial charge in [-0.15, -0.1) is 11.3 Å². The number of aryl methyl sites for hydroxylation is 1. The summed E-state index contributed by atoms with van der Waals surface area (Å²) in [5.74, 6) is 0. The van der Waals surface area contributed by atoms with Gasteiger partial charge in [0.05, 0.1) is 0 Å². The number of hydrogen-bond acceptors (Lipinski definition) is 2. The van der Waals surface area contributed by atoms with E-state index in [9.17, 15) is 4.39 Å². The van der Waals surface area contributed by atoms with E-state index < -0.39 is 5.67 Å². The first-order valence-corrected chi connectivity index (χ1v) is 4.54. The van der Waals surface area contributed by atoms with Gasteiger partial charge in [-0.25, -0.2) is 4.39 Å². The molecule has 1 aliphatic heterocycles. The first kappa shape index (κ1) is 7.25. The van der Waals surface area contributed by atoms with Gasteiger partial charge in [-0.05, 0) is 23.9 Å². The Bertz CT molecular complexity index is 265. The Morgan fingerprint density at radius 3 is 2.73 bits per heavy atom. The maximum absolute atomic E-state index is 13.7. The molecule has 1 N–H and O–H groups in total. The Morgan fingerprint density at radius 2 is 2.36 bits per heavy atom. The number of hydrogen-bond donors (Lipinski definition) is 1. The van der Waals surface area contributed by atoms with Crippen LogP contribution in [0.25, 0.3) is 0 Å². The van der Waals surface area contributed by atoms with E-state index in [1.807, 2.05) is 18.4 Å². The maximum Gasteiger partial charge on any atom is 0.169 e. The Hall–Kier alpha value is -0.410. The minimum Gasteiger partial charge on any atom is -0.309 e. The van der Waals surface area contributed by atoms with Crippen LogP contribution in [0.2, 0.25) is 0 Å². The van der Waals surface area contributed by atoms with Crippen molar-refractivity contribution in [2.45, 2.75) is 12.6 Å². The topological polar surface area (TPSA) is 12.0 Å². The molecule has 2 rings (SSSR count). The largest absolute Gasteiger partial charge is 0.309 e. The minimum atomic E-state index is -1.06. The summed E-state index contributed by atoms with van der Waals surface area (Å²) in [4.78, 5) is 0.899. The summed E-state index contributed by atoms with van der Waals surface area (Å²) in [5.41, 5.74) is 0.0251. The van der Waals surface area contributed by atoms with Crippen molar-refractivity contribution in [2.75, 3.05) is 13.1 Å². The lowest BCUT2D eigenvalue weighted by atomic mass is 9.95. The van der Waals surface area contributed by atoms with E-state index in [0.717, 1.165) is 10.4 Å². The van der Waals surface area contributed by atoms with Crippen molar-refractivity contribution in [3.8, 4) is 0 Å². The number of thiophene rings is 1. The Kier molecular flexibility index (Phi) is 1.51. The molecule has 0 amide bonds. The molecule has 0 aliphatic carbocycles. The van der Waals surface area contributed by atoms with Crippen molar-refractivity contribution in [2.24, 2.45) is 0 Å². The third kappa shape index (κ3) is 0.993. The fourth-order valence-corrected chi connectivity index (χ4v) is 2.35. The molecule has 11 heavy (non-hydrogen) atoms. The predicted molar refractivity (Wildman–Crippen MR) is 44.7 cm³/mol. The molecule has 0 saturated carbocycles. The third-order valence-electron chi connectivity index (χ3n) is 2.08. The van der Waals surface area contributed by atoms with E-state index in [4.69, 9.17) is 0 Å². The van der Waals surface area contributed by atoms with Gasteiger partial charge < -0.3 is 5.32 Å². The molecule has 0 spiro atoms. The molecule has 3 heteroatoms. The lowest BCUT2D eigenvalue weighted by molar-refractivity contribution is 0.0927. The van der Waals surface area contributed by atoms with Crippen molar-refractivity contribution in [3.05, 3.63) is 21.9 Å². The SMILES string of the molecule is Cc1ccsc1C1(F)CNC1. The van der Waals surface area contributed by atoms with E-state index in [2.05, 4.69) is 5.32 Å². The normalized spacial score (nSPS) is 21.3. The smallest absolute Gasteiger partial charge is 0.169 e. The molecule has 0 unspecified atom stereocenters. The van der Waals surface area contributed by atoms with Crippen molar-refractivity contribution in [1.82, 2.24) is 5.32 Å². The molecule has 1 aromatic heterocycles. The summed E-state index contributed by atoms with van der Waals surface area (Å²) in [5, 5.41) is 4.90. The highest BCUT2D eigenvalue weighted by Crippen LogP contribution is 2.35. The summed E-state index contributed by atoms with van der Waals surface area (Å²) in [6.07, 6.45) is 0. The maximum atomic E-state index is 13.7. The van der Waals surface area contributed by atoms with Crippen LogP contribution < -0.4 is 5.32 Å². The molecular weight excluding hydrogens is 161 g/mol. The van der Waals surface area contributed by atoms with Gasteiger partial charge in [0.1, 0.15) is 0 Å². The Balaban J connectivity index is 2.35. The molecule has 60 valence electrons. The minimum absolute atomic E-state index is 0.481. The Morgan fingerprint density at radius 1 is 1.64 bits per heavy atom. The second kappa shape index (κ2) is 2.29. The first-order valence-electron chi connectivity index (χ1n) is 3.67. The molecule has 1 saturated heterocycles. The molecule has 1 aromatic rings. The van der Waals surface area contributed by atoms with E-state index in [-0.39, 0.29) is 0 Å². The van der Waals surface area contributed by atoms with Crippen LogP contribution >= 0.6 is 11.3 Å². The summed E-state index contributed by atoms with van der Waals surface area (Å²) in [6.45, 7) is 2.92. The monoisotopic (exact) mass is 171 g/mol.